The van der Waals surface area contributed by atoms with Crippen molar-refractivity contribution in [3.63, 3.8) is 0 Å². The zero-order valence-electron chi connectivity index (χ0n) is 12.2. The SMILES string of the molecule is CCOC(=O)c1ccc(N)c(N2CCS(=O)(=O)CC2C)c1. The topological polar surface area (TPSA) is 89.7 Å². The number of rotatable bonds is 3. The molecular weight excluding hydrogens is 292 g/mol. The summed E-state index contributed by atoms with van der Waals surface area (Å²) in [6.07, 6.45) is 0. The van der Waals surface area contributed by atoms with E-state index in [0.29, 0.717) is 30.1 Å². The van der Waals surface area contributed by atoms with Crippen LogP contribution in [-0.2, 0) is 14.6 Å². The van der Waals surface area contributed by atoms with Gasteiger partial charge in [0.25, 0.3) is 0 Å². The molecule has 1 unspecified atom stereocenters. The Morgan fingerprint density at radius 2 is 2.19 bits per heavy atom. The van der Waals surface area contributed by atoms with E-state index in [9.17, 15) is 13.2 Å². The van der Waals surface area contributed by atoms with E-state index in [0.717, 1.165) is 0 Å². The number of ether oxygens (including phenoxy) is 1. The van der Waals surface area contributed by atoms with Crippen molar-refractivity contribution in [2.24, 2.45) is 0 Å². The summed E-state index contributed by atoms with van der Waals surface area (Å²) in [5, 5.41) is 0. The predicted molar refractivity (Wildman–Crippen MR) is 82.3 cm³/mol. The fourth-order valence-corrected chi connectivity index (χ4v) is 4.05. The maximum Gasteiger partial charge on any atom is 0.338 e. The standard InChI is InChI=1S/C14H20N2O4S/c1-3-20-14(17)11-4-5-12(15)13(8-11)16-6-7-21(18,19)9-10(16)2/h4-5,8,10H,3,6-7,9,15H2,1-2H3. The lowest BCUT2D eigenvalue weighted by Crippen LogP contribution is -2.47. The van der Waals surface area contributed by atoms with Crippen molar-refractivity contribution in [3.05, 3.63) is 23.8 Å². The fraction of sp³-hybridized carbons (Fsp3) is 0.500. The Hall–Kier alpha value is -1.76. The minimum absolute atomic E-state index is 0.0933. The van der Waals surface area contributed by atoms with Crippen LogP contribution in [0.25, 0.3) is 0 Å². The average molecular weight is 312 g/mol. The predicted octanol–water partition coefficient (Wildman–Crippen LogP) is 1.07. The summed E-state index contributed by atoms with van der Waals surface area (Å²) in [4.78, 5) is 13.7. The Bertz CT molecular complexity index is 642. The number of anilines is 2. The first kappa shape index (κ1) is 15.6. The van der Waals surface area contributed by atoms with Crippen LogP contribution in [-0.4, -0.2) is 45.1 Å². The van der Waals surface area contributed by atoms with Gasteiger partial charge in [0.05, 0.1) is 35.1 Å². The quantitative estimate of drug-likeness (QED) is 0.663. The molecule has 0 saturated carbocycles. The lowest BCUT2D eigenvalue weighted by atomic mass is 10.1. The summed E-state index contributed by atoms with van der Waals surface area (Å²) < 4.78 is 28.3. The fourth-order valence-electron chi connectivity index (χ4n) is 2.49. The summed E-state index contributed by atoms with van der Waals surface area (Å²) in [5.41, 5.74) is 7.60. The summed E-state index contributed by atoms with van der Waals surface area (Å²) in [7, 11) is -2.99. The van der Waals surface area contributed by atoms with Crippen LogP contribution in [0.2, 0.25) is 0 Å². The van der Waals surface area contributed by atoms with Gasteiger partial charge in [-0.05, 0) is 32.0 Å². The number of hydrogen-bond donors (Lipinski definition) is 1. The van der Waals surface area contributed by atoms with E-state index in [-0.39, 0.29) is 17.5 Å². The highest BCUT2D eigenvalue weighted by molar-refractivity contribution is 7.91. The first-order valence-corrected chi connectivity index (χ1v) is 8.70. The number of benzene rings is 1. The smallest absolute Gasteiger partial charge is 0.338 e. The van der Waals surface area contributed by atoms with E-state index in [2.05, 4.69) is 0 Å². The third-order valence-electron chi connectivity index (χ3n) is 3.52. The molecule has 1 heterocycles. The number of carbonyl (C=O) groups excluding carboxylic acids is 1. The van der Waals surface area contributed by atoms with Gasteiger partial charge in [-0.3, -0.25) is 0 Å². The van der Waals surface area contributed by atoms with Crippen molar-refractivity contribution < 1.29 is 17.9 Å². The minimum atomic E-state index is -2.99. The summed E-state index contributed by atoms with van der Waals surface area (Å²) in [6.45, 7) is 4.26. The van der Waals surface area contributed by atoms with Crippen molar-refractivity contribution in [1.29, 1.82) is 0 Å². The molecule has 7 heteroatoms. The molecule has 1 aliphatic rings. The summed E-state index contributed by atoms with van der Waals surface area (Å²) in [5.74, 6) is -0.215. The average Bonchev–Trinajstić information content (AvgIpc) is 2.39. The molecule has 0 bridgehead atoms. The monoisotopic (exact) mass is 312 g/mol. The molecule has 0 aliphatic carbocycles. The number of nitrogens with two attached hydrogens (primary N) is 1. The minimum Gasteiger partial charge on any atom is -0.462 e. The van der Waals surface area contributed by atoms with Gasteiger partial charge in [0.1, 0.15) is 0 Å². The van der Waals surface area contributed by atoms with E-state index in [1.165, 1.54) is 0 Å². The molecule has 0 amide bonds. The van der Waals surface area contributed by atoms with Crippen molar-refractivity contribution in [1.82, 2.24) is 0 Å². The highest BCUT2D eigenvalue weighted by atomic mass is 32.2. The van der Waals surface area contributed by atoms with Gasteiger partial charge in [-0.2, -0.15) is 0 Å². The van der Waals surface area contributed by atoms with Crippen LogP contribution in [0.4, 0.5) is 11.4 Å². The number of carbonyl (C=O) groups is 1. The van der Waals surface area contributed by atoms with E-state index in [1.54, 1.807) is 25.1 Å². The van der Waals surface area contributed by atoms with Crippen LogP contribution in [0.3, 0.4) is 0 Å². The third kappa shape index (κ3) is 3.47. The van der Waals surface area contributed by atoms with Crippen LogP contribution >= 0.6 is 0 Å². The molecule has 1 aromatic rings. The van der Waals surface area contributed by atoms with E-state index in [4.69, 9.17) is 10.5 Å². The lowest BCUT2D eigenvalue weighted by Gasteiger charge is -2.36. The van der Waals surface area contributed by atoms with E-state index >= 15 is 0 Å². The molecule has 1 saturated heterocycles. The van der Waals surface area contributed by atoms with Crippen molar-refractivity contribution >= 4 is 27.2 Å². The van der Waals surface area contributed by atoms with Gasteiger partial charge in [-0.1, -0.05) is 0 Å². The third-order valence-corrected chi connectivity index (χ3v) is 5.32. The van der Waals surface area contributed by atoms with Gasteiger partial charge < -0.3 is 15.4 Å². The van der Waals surface area contributed by atoms with E-state index < -0.39 is 15.8 Å². The highest BCUT2D eigenvalue weighted by Gasteiger charge is 2.29. The molecule has 2 rings (SSSR count). The second kappa shape index (κ2) is 5.93. The first-order chi connectivity index (χ1) is 9.84. The molecule has 0 radical (unpaired) electrons. The summed E-state index contributed by atoms with van der Waals surface area (Å²) in [6, 6.07) is 4.75. The van der Waals surface area contributed by atoms with Crippen LogP contribution in [0.15, 0.2) is 18.2 Å². The van der Waals surface area contributed by atoms with Crippen LogP contribution in [0.1, 0.15) is 24.2 Å². The normalized spacial score (nSPS) is 21.0. The van der Waals surface area contributed by atoms with E-state index in [1.807, 2.05) is 11.8 Å². The molecule has 1 fully saturated rings. The molecule has 116 valence electrons. The second-order valence-electron chi connectivity index (χ2n) is 5.15. The molecule has 0 aromatic heterocycles. The molecule has 0 spiro atoms. The Morgan fingerprint density at radius 3 is 2.81 bits per heavy atom. The molecule has 1 aliphatic heterocycles. The maximum absolute atomic E-state index is 11.8. The first-order valence-electron chi connectivity index (χ1n) is 6.88. The number of esters is 1. The molecule has 6 nitrogen and oxygen atoms in total. The lowest BCUT2D eigenvalue weighted by molar-refractivity contribution is 0.0526. The van der Waals surface area contributed by atoms with Gasteiger partial charge in [-0.25, -0.2) is 13.2 Å². The number of sulfone groups is 1. The van der Waals surface area contributed by atoms with Crippen LogP contribution in [0.5, 0.6) is 0 Å². The zero-order chi connectivity index (χ0) is 15.6. The van der Waals surface area contributed by atoms with Crippen molar-refractivity contribution in [3.8, 4) is 0 Å². The Kier molecular flexibility index (Phi) is 4.41. The summed E-state index contributed by atoms with van der Waals surface area (Å²) >= 11 is 0. The van der Waals surface area contributed by atoms with Gasteiger partial charge in [0.15, 0.2) is 9.84 Å². The van der Waals surface area contributed by atoms with Gasteiger partial charge in [0.2, 0.25) is 0 Å². The number of hydrogen-bond acceptors (Lipinski definition) is 6. The van der Waals surface area contributed by atoms with Gasteiger partial charge >= 0.3 is 5.97 Å². The highest BCUT2D eigenvalue weighted by Crippen LogP contribution is 2.29. The number of nitrogens with zero attached hydrogens (tertiary/aromatic N) is 1. The molecule has 21 heavy (non-hydrogen) atoms. The Labute approximate surface area is 124 Å². The zero-order valence-corrected chi connectivity index (χ0v) is 13.0. The van der Waals surface area contributed by atoms with Crippen molar-refractivity contribution in [2.75, 3.05) is 35.3 Å². The van der Waals surface area contributed by atoms with Gasteiger partial charge in [0, 0.05) is 12.6 Å². The van der Waals surface area contributed by atoms with Gasteiger partial charge in [-0.15, -0.1) is 0 Å². The number of nitrogen functional groups attached to an aromatic ring is 1. The molecule has 1 aromatic carbocycles. The van der Waals surface area contributed by atoms with Crippen LogP contribution < -0.4 is 10.6 Å². The Balaban J connectivity index is 2.31. The van der Waals surface area contributed by atoms with Crippen molar-refractivity contribution in [2.45, 2.75) is 19.9 Å². The maximum atomic E-state index is 11.8. The van der Waals surface area contributed by atoms with Crippen LogP contribution in [0, 0.1) is 0 Å². The molecule has 2 N–H and O–H groups in total. The largest absolute Gasteiger partial charge is 0.462 e. The second-order valence-corrected chi connectivity index (χ2v) is 7.38. The molecular formula is C14H20N2O4S. The Morgan fingerprint density at radius 1 is 1.48 bits per heavy atom. The molecule has 1 atom stereocenters.